The Bertz CT molecular complexity index is 1180. The molecular formula is C29H32O7S. The van der Waals surface area contributed by atoms with E-state index in [1.165, 1.54) is 0 Å². The van der Waals surface area contributed by atoms with Crippen LogP contribution in [0.1, 0.15) is 42.9 Å². The summed E-state index contributed by atoms with van der Waals surface area (Å²) < 4.78 is 31.1. The van der Waals surface area contributed by atoms with Gasteiger partial charge in [0.15, 0.2) is 11.5 Å². The Hall–Kier alpha value is -3.04. The summed E-state index contributed by atoms with van der Waals surface area (Å²) in [4.78, 5) is 12.6. The molecule has 3 aromatic carbocycles. The predicted molar refractivity (Wildman–Crippen MR) is 140 cm³/mol. The predicted octanol–water partition coefficient (Wildman–Crippen LogP) is 5.38. The van der Waals surface area contributed by atoms with E-state index in [-0.39, 0.29) is 6.42 Å². The minimum Gasteiger partial charge on any atom is -0.480 e. The van der Waals surface area contributed by atoms with Gasteiger partial charge in [-0.15, -0.1) is 0 Å². The number of aliphatic hydroxyl groups is 1. The normalized spacial score (nSPS) is 18.9. The molecule has 5 atom stereocenters. The topological polar surface area (TPSA) is 102 Å². The highest BCUT2D eigenvalue weighted by atomic mass is 32.2. The maximum Gasteiger partial charge on any atom is 0.322 e. The van der Waals surface area contributed by atoms with Crippen LogP contribution in [0.15, 0.2) is 83.8 Å². The van der Waals surface area contributed by atoms with E-state index in [1.807, 2.05) is 42.5 Å². The average Bonchev–Trinajstić information content (AvgIpc) is 2.90. The highest BCUT2D eigenvalue weighted by Gasteiger charge is 2.36. The van der Waals surface area contributed by atoms with Gasteiger partial charge >= 0.3 is 5.97 Å². The number of carbonyl (C=O) groups is 1. The van der Waals surface area contributed by atoms with Gasteiger partial charge in [0.05, 0.1) is 23.0 Å². The molecule has 3 aromatic rings. The van der Waals surface area contributed by atoms with Crippen molar-refractivity contribution in [2.24, 2.45) is 0 Å². The van der Waals surface area contributed by atoms with Gasteiger partial charge in [-0.3, -0.25) is 9.00 Å². The lowest BCUT2D eigenvalue weighted by atomic mass is 10.0. The Morgan fingerprint density at radius 1 is 1.00 bits per heavy atom. The first kappa shape index (κ1) is 27.0. The van der Waals surface area contributed by atoms with Crippen LogP contribution in [0.5, 0.6) is 11.5 Å². The van der Waals surface area contributed by atoms with Crippen molar-refractivity contribution in [2.75, 3.05) is 6.61 Å². The zero-order valence-corrected chi connectivity index (χ0v) is 21.5. The summed E-state index contributed by atoms with van der Waals surface area (Å²) in [6, 6.07) is 23.5. The monoisotopic (exact) mass is 524 g/mol. The molecule has 1 heterocycles. The number of aliphatic carboxylic acids is 1. The number of hydrogen-bond donors (Lipinski definition) is 2. The van der Waals surface area contributed by atoms with E-state index < -0.39 is 40.5 Å². The van der Waals surface area contributed by atoms with Crippen LogP contribution in [0.2, 0.25) is 0 Å². The maximum absolute atomic E-state index is 13.3. The van der Waals surface area contributed by atoms with E-state index >= 15 is 0 Å². The quantitative estimate of drug-likeness (QED) is 0.347. The van der Waals surface area contributed by atoms with Crippen molar-refractivity contribution < 1.29 is 33.4 Å². The van der Waals surface area contributed by atoms with Gasteiger partial charge in [-0.1, -0.05) is 48.5 Å². The second-order valence-corrected chi connectivity index (χ2v) is 10.6. The fourth-order valence-corrected chi connectivity index (χ4v) is 5.76. The van der Waals surface area contributed by atoms with Gasteiger partial charge in [0.1, 0.15) is 11.5 Å². The lowest BCUT2D eigenvalue weighted by molar-refractivity contribution is -0.195. The van der Waals surface area contributed by atoms with Gasteiger partial charge in [0.25, 0.3) is 0 Å². The minimum absolute atomic E-state index is 0.0622. The number of para-hydroxylation sites is 1. The first-order chi connectivity index (χ1) is 17.9. The summed E-state index contributed by atoms with van der Waals surface area (Å²) in [5.41, 5.74) is 1.44. The number of aliphatic hydroxyl groups excluding tert-OH is 1. The van der Waals surface area contributed by atoms with Crippen molar-refractivity contribution in [3.63, 3.8) is 0 Å². The molecule has 1 saturated heterocycles. The summed E-state index contributed by atoms with van der Waals surface area (Å²) in [6.45, 7) is 2.35. The van der Waals surface area contributed by atoms with Crippen LogP contribution in [0, 0.1) is 6.92 Å². The summed E-state index contributed by atoms with van der Waals surface area (Å²) in [6.07, 6.45) is 0.00315. The molecule has 4 rings (SSSR count). The molecule has 8 heteroatoms. The van der Waals surface area contributed by atoms with Crippen LogP contribution in [-0.4, -0.2) is 44.6 Å². The maximum atomic E-state index is 13.3. The van der Waals surface area contributed by atoms with E-state index in [0.29, 0.717) is 35.0 Å². The van der Waals surface area contributed by atoms with E-state index in [4.69, 9.17) is 14.2 Å². The Labute approximate surface area is 219 Å². The van der Waals surface area contributed by atoms with Crippen molar-refractivity contribution in [1.29, 1.82) is 0 Å². The van der Waals surface area contributed by atoms with Crippen LogP contribution < -0.4 is 4.74 Å². The van der Waals surface area contributed by atoms with Crippen molar-refractivity contribution in [2.45, 2.75) is 61.3 Å². The minimum atomic E-state index is -1.96. The Morgan fingerprint density at radius 2 is 1.68 bits per heavy atom. The highest BCUT2D eigenvalue weighted by Crippen LogP contribution is 2.32. The Kier molecular flexibility index (Phi) is 9.46. The van der Waals surface area contributed by atoms with Gasteiger partial charge in [0, 0.05) is 17.9 Å². The first-order valence-electron chi connectivity index (χ1n) is 12.4. The van der Waals surface area contributed by atoms with Gasteiger partial charge in [0.2, 0.25) is 0 Å². The molecule has 0 bridgehead atoms. The number of carboxylic acid groups (broad SMARTS) is 1. The van der Waals surface area contributed by atoms with Crippen LogP contribution in [0.4, 0.5) is 0 Å². The third kappa shape index (κ3) is 7.26. The van der Waals surface area contributed by atoms with E-state index in [9.17, 15) is 19.2 Å². The van der Waals surface area contributed by atoms with Crippen molar-refractivity contribution in [1.82, 2.24) is 0 Å². The number of hydrogen-bond acceptors (Lipinski definition) is 6. The number of aryl methyl sites for hydroxylation is 1. The summed E-state index contributed by atoms with van der Waals surface area (Å²) >= 11 is 0. The molecular weight excluding hydrogens is 492 g/mol. The summed E-state index contributed by atoms with van der Waals surface area (Å²) in [5, 5.41) is 19.5. The molecule has 0 aliphatic carbocycles. The van der Waals surface area contributed by atoms with Crippen LogP contribution in [-0.2, 0) is 25.1 Å². The molecule has 1 fully saturated rings. The van der Waals surface area contributed by atoms with Gasteiger partial charge in [-0.05, 0) is 67.6 Å². The molecule has 37 heavy (non-hydrogen) atoms. The molecule has 196 valence electrons. The van der Waals surface area contributed by atoms with Crippen molar-refractivity contribution in [3.05, 3.63) is 90.0 Å². The first-order valence-corrected chi connectivity index (χ1v) is 13.6. The van der Waals surface area contributed by atoms with Crippen molar-refractivity contribution in [3.8, 4) is 11.5 Å². The van der Waals surface area contributed by atoms with Gasteiger partial charge in [-0.25, -0.2) is 0 Å². The van der Waals surface area contributed by atoms with Crippen LogP contribution >= 0.6 is 0 Å². The number of ether oxygens (including phenoxy) is 3. The average molecular weight is 525 g/mol. The summed E-state index contributed by atoms with van der Waals surface area (Å²) in [5.74, 6) is 0.0117. The molecule has 1 aliphatic heterocycles. The van der Waals surface area contributed by atoms with Gasteiger partial charge < -0.3 is 24.4 Å². The molecule has 0 spiro atoms. The highest BCUT2D eigenvalue weighted by molar-refractivity contribution is 7.86. The second-order valence-electron chi connectivity index (χ2n) is 9.03. The smallest absolute Gasteiger partial charge is 0.322 e. The fraction of sp³-hybridized carbons (Fsp3) is 0.345. The molecule has 0 radical (unpaired) electrons. The standard InChI is InChI=1S/C29H32O7S/c1-20-9-5-6-12-26(20)37(33)28(29(31)32)24(30)19-25(36-27-13-7-8-18-34-27)21-14-16-23(17-15-21)35-22-10-3-2-4-11-22/h2-6,9-12,14-17,24-25,27-28,30H,7-8,13,18-19H2,1H3,(H,31,32)/t24-,25-,27?,28-,37?/m0/s1. The van der Waals surface area contributed by atoms with Crippen LogP contribution in [0.3, 0.4) is 0 Å². The molecule has 2 unspecified atom stereocenters. The molecule has 0 aromatic heterocycles. The molecule has 0 amide bonds. The lowest BCUT2D eigenvalue weighted by Crippen LogP contribution is -2.39. The van der Waals surface area contributed by atoms with Crippen molar-refractivity contribution >= 4 is 16.8 Å². The zero-order valence-electron chi connectivity index (χ0n) is 20.7. The van der Waals surface area contributed by atoms with E-state index in [0.717, 1.165) is 18.4 Å². The Morgan fingerprint density at radius 3 is 2.32 bits per heavy atom. The third-order valence-electron chi connectivity index (χ3n) is 6.27. The Balaban J connectivity index is 1.54. The number of benzene rings is 3. The molecule has 2 N–H and O–H groups in total. The third-order valence-corrected chi connectivity index (χ3v) is 8.14. The second kappa shape index (κ2) is 13.0. The molecule has 1 aliphatic rings. The lowest BCUT2D eigenvalue weighted by Gasteiger charge is -2.30. The zero-order chi connectivity index (χ0) is 26.2. The SMILES string of the molecule is Cc1ccccc1S(=O)[C@H](C(=O)O)[C@@H](O)C[C@H](OC1CCCCO1)c1ccc(Oc2ccccc2)cc1. The van der Waals surface area contributed by atoms with Crippen LogP contribution in [0.25, 0.3) is 0 Å². The number of rotatable bonds is 11. The van der Waals surface area contributed by atoms with E-state index in [2.05, 4.69) is 0 Å². The summed E-state index contributed by atoms with van der Waals surface area (Å²) in [7, 11) is -1.96. The number of carboxylic acids is 1. The van der Waals surface area contributed by atoms with E-state index in [1.54, 1.807) is 43.3 Å². The van der Waals surface area contributed by atoms with Gasteiger partial charge in [-0.2, -0.15) is 0 Å². The largest absolute Gasteiger partial charge is 0.480 e. The molecule has 0 saturated carbocycles. The molecule has 7 nitrogen and oxygen atoms in total. The fourth-order valence-electron chi connectivity index (χ4n) is 4.31.